The van der Waals surface area contributed by atoms with Gasteiger partial charge in [-0.05, 0) is 37.3 Å². The molecule has 0 radical (unpaired) electrons. The Kier molecular flexibility index (Phi) is 4.83. The highest BCUT2D eigenvalue weighted by molar-refractivity contribution is 6.31. The normalized spacial score (nSPS) is 11.8. The fourth-order valence-corrected chi connectivity index (χ4v) is 2.99. The van der Waals surface area contributed by atoms with Gasteiger partial charge in [0, 0.05) is 27.7 Å². The first-order chi connectivity index (χ1) is 12.4. The summed E-state index contributed by atoms with van der Waals surface area (Å²) in [5.74, 6) is -0.139. The summed E-state index contributed by atoms with van der Waals surface area (Å²) in [5, 5.41) is 13.0. The molecule has 0 spiro atoms. The predicted molar refractivity (Wildman–Crippen MR) is 99.3 cm³/mol. The Balaban J connectivity index is 1.98. The van der Waals surface area contributed by atoms with Gasteiger partial charge in [0.1, 0.15) is 17.6 Å². The molecule has 0 aliphatic heterocycles. The second kappa shape index (κ2) is 7.06. The number of hydrogen-bond donors (Lipinski definition) is 2. The van der Waals surface area contributed by atoms with Gasteiger partial charge in [0.25, 0.3) is 5.56 Å². The van der Waals surface area contributed by atoms with Crippen LogP contribution in [0.15, 0.2) is 41.2 Å². The lowest BCUT2D eigenvalue weighted by atomic mass is 10.1. The van der Waals surface area contributed by atoms with Gasteiger partial charge in [-0.15, -0.1) is 0 Å². The first-order valence-electron chi connectivity index (χ1n) is 7.79. The zero-order chi connectivity index (χ0) is 18.8. The van der Waals surface area contributed by atoms with Gasteiger partial charge in [-0.2, -0.15) is 5.26 Å². The average molecular weight is 372 g/mol. The number of halogens is 2. The van der Waals surface area contributed by atoms with Crippen LogP contribution in [-0.2, 0) is 0 Å². The summed E-state index contributed by atoms with van der Waals surface area (Å²) in [6, 6.07) is 11.1. The van der Waals surface area contributed by atoms with E-state index in [0.717, 1.165) is 6.07 Å². The van der Waals surface area contributed by atoms with Crippen molar-refractivity contribution >= 4 is 28.2 Å². The van der Waals surface area contributed by atoms with E-state index in [-0.39, 0.29) is 22.1 Å². The van der Waals surface area contributed by atoms with E-state index in [9.17, 15) is 9.18 Å². The minimum atomic E-state index is -0.575. The third-order valence-electron chi connectivity index (χ3n) is 4.07. The number of hydrogen-bond acceptors (Lipinski definition) is 4. The molecule has 1 heterocycles. The predicted octanol–water partition coefficient (Wildman–Crippen LogP) is 4.37. The van der Waals surface area contributed by atoms with E-state index in [1.165, 1.54) is 7.11 Å². The number of aromatic nitrogens is 1. The molecular weight excluding hydrogens is 357 g/mol. The van der Waals surface area contributed by atoms with Crippen molar-refractivity contribution in [2.24, 2.45) is 0 Å². The summed E-state index contributed by atoms with van der Waals surface area (Å²) in [7, 11) is 1.48. The summed E-state index contributed by atoms with van der Waals surface area (Å²) in [6.07, 6.45) is 0. The van der Waals surface area contributed by atoms with Crippen LogP contribution in [0.2, 0.25) is 5.02 Å². The lowest BCUT2D eigenvalue weighted by molar-refractivity contribution is 0.413. The first-order valence-corrected chi connectivity index (χ1v) is 8.17. The Morgan fingerprint density at radius 3 is 2.77 bits per heavy atom. The summed E-state index contributed by atoms with van der Waals surface area (Å²) in [6.45, 7) is 1.81. The van der Waals surface area contributed by atoms with Crippen LogP contribution in [0.1, 0.15) is 24.1 Å². The monoisotopic (exact) mass is 371 g/mol. The van der Waals surface area contributed by atoms with Crippen LogP contribution in [0.4, 0.5) is 10.1 Å². The van der Waals surface area contributed by atoms with Crippen LogP contribution in [0, 0.1) is 17.1 Å². The molecule has 26 heavy (non-hydrogen) atoms. The van der Waals surface area contributed by atoms with Crippen molar-refractivity contribution in [3.63, 3.8) is 0 Å². The first kappa shape index (κ1) is 17.8. The van der Waals surface area contributed by atoms with Crippen molar-refractivity contribution in [1.29, 1.82) is 5.26 Å². The molecule has 3 rings (SSSR count). The number of H-pyrrole nitrogens is 1. The number of aromatic amines is 1. The summed E-state index contributed by atoms with van der Waals surface area (Å²) >= 11 is 5.90. The molecule has 0 aliphatic rings. The Morgan fingerprint density at radius 1 is 1.31 bits per heavy atom. The number of pyridine rings is 1. The van der Waals surface area contributed by atoms with E-state index in [2.05, 4.69) is 10.3 Å². The molecule has 0 saturated heterocycles. The SMILES string of the molecule is COc1cc(NC(C)c2cc3cc(Cl)cc(F)c3[nH]c2=O)ccc1C#N. The van der Waals surface area contributed by atoms with E-state index < -0.39 is 5.82 Å². The maximum atomic E-state index is 14.0. The van der Waals surface area contributed by atoms with Gasteiger partial charge in [-0.3, -0.25) is 4.79 Å². The van der Waals surface area contributed by atoms with Crippen molar-refractivity contribution in [3.05, 3.63) is 68.7 Å². The Labute approximate surface area is 154 Å². The third-order valence-corrected chi connectivity index (χ3v) is 4.29. The molecule has 1 unspecified atom stereocenters. The fraction of sp³-hybridized carbons (Fsp3) is 0.158. The van der Waals surface area contributed by atoms with Crippen LogP contribution in [0.3, 0.4) is 0 Å². The number of fused-ring (bicyclic) bond motifs is 1. The number of benzene rings is 2. The number of nitriles is 1. The molecule has 2 N–H and O–H groups in total. The van der Waals surface area contributed by atoms with Gasteiger partial charge in [0.15, 0.2) is 0 Å². The zero-order valence-corrected chi connectivity index (χ0v) is 14.8. The lowest BCUT2D eigenvalue weighted by Gasteiger charge is -2.16. The quantitative estimate of drug-likeness (QED) is 0.713. The molecule has 0 saturated carbocycles. The van der Waals surface area contributed by atoms with Crippen LogP contribution < -0.4 is 15.6 Å². The van der Waals surface area contributed by atoms with Crippen LogP contribution in [-0.4, -0.2) is 12.1 Å². The molecule has 1 atom stereocenters. The average Bonchev–Trinajstić information content (AvgIpc) is 2.61. The Bertz CT molecular complexity index is 1090. The maximum absolute atomic E-state index is 14.0. The number of rotatable bonds is 4. The second-order valence-corrected chi connectivity index (χ2v) is 6.23. The summed E-state index contributed by atoms with van der Waals surface area (Å²) < 4.78 is 19.1. The highest BCUT2D eigenvalue weighted by Gasteiger charge is 2.14. The molecule has 0 fully saturated rings. The minimum Gasteiger partial charge on any atom is -0.495 e. The summed E-state index contributed by atoms with van der Waals surface area (Å²) in [5.41, 5.74) is 1.27. The van der Waals surface area contributed by atoms with Crippen LogP contribution >= 0.6 is 11.6 Å². The van der Waals surface area contributed by atoms with Crippen molar-refractivity contribution < 1.29 is 9.13 Å². The van der Waals surface area contributed by atoms with E-state index in [4.69, 9.17) is 21.6 Å². The molecule has 132 valence electrons. The molecule has 0 bridgehead atoms. The highest BCUT2D eigenvalue weighted by Crippen LogP contribution is 2.27. The van der Waals surface area contributed by atoms with E-state index in [1.54, 1.807) is 30.3 Å². The molecule has 0 amide bonds. The van der Waals surface area contributed by atoms with Gasteiger partial charge >= 0.3 is 0 Å². The van der Waals surface area contributed by atoms with Gasteiger partial charge in [0.2, 0.25) is 0 Å². The van der Waals surface area contributed by atoms with Gasteiger partial charge < -0.3 is 15.0 Å². The summed E-state index contributed by atoms with van der Waals surface area (Å²) in [4.78, 5) is 14.9. The molecular formula is C19H15ClFN3O2. The molecule has 1 aromatic heterocycles. The molecule has 3 aromatic rings. The van der Waals surface area contributed by atoms with E-state index in [0.29, 0.717) is 28.0 Å². The topological polar surface area (TPSA) is 77.9 Å². The second-order valence-electron chi connectivity index (χ2n) is 5.80. The van der Waals surface area contributed by atoms with Crippen LogP contribution in [0.5, 0.6) is 5.75 Å². The van der Waals surface area contributed by atoms with Gasteiger partial charge in [-0.1, -0.05) is 11.6 Å². The number of methoxy groups -OCH3 is 1. The maximum Gasteiger partial charge on any atom is 0.253 e. The standard InChI is InChI=1S/C19H15ClFN3O2/c1-10(23-14-4-3-11(9-22)17(8-14)26-2)15-6-12-5-13(20)7-16(21)18(12)24-19(15)25/h3-8,10,23H,1-2H3,(H,24,25). The van der Waals surface area contributed by atoms with Crippen molar-refractivity contribution in [1.82, 2.24) is 4.98 Å². The van der Waals surface area contributed by atoms with E-state index >= 15 is 0 Å². The number of ether oxygens (including phenoxy) is 1. The van der Waals surface area contributed by atoms with Crippen molar-refractivity contribution in [2.75, 3.05) is 12.4 Å². The number of nitrogens with zero attached hydrogens (tertiary/aromatic N) is 1. The molecule has 7 heteroatoms. The minimum absolute atomic E-state index is 0.121. The molecule has 2 aromatic carbocycles. The van der Waals surface area contributed by atoms with E-state index in [1.807, 2.05) is 13.0 Å². The van der Waals surface area contributed by atoms with Gasteiger partial charge in [0.05, 0.1) is 24.2 Å². The van der Waals surface area contributed by atoms with Crippen LogP contribution in [0.25, 0.3) is 10.9 Å². The largest absolute Gasteiger partial charge is 0.495 e. The smallest absolute Gasteiger partial charge is 0.253 e. The number of anilines is 1. The molecule has 5 nitrogen and oxygen atoms in total. The Hall–Kier alpha value is -3.04. The fourth-order valence-electron chi connectivity index (χ4n) is 2.78. The number of nitrogens with one attached hydrogen (secondary N) is 2. The van der Waals surface area contributed by atoms with Gasteiger partial charge in [-0.25, -0.2) is 4.39 Å². The Morgan fingerprint density at radius 2 is 2.08 bits per heavy atom. The highest BCUT2D eigenvalue weighted by atomic mass is 35.5. The van der Waals surface area contributed by atoms with Crippen molar-refractivity contribution in [2.45, 2.75) is 13.0 Å². The van der Waals surface area contributed by atoms with Crippen molar-refractivity contribution in [3.8, 4) is 11.8 Å². The molecule has 0 aliphatic carbocycles. The third kappa shape index (κ3) is 3.35. The zero-order valence-electron chi connectivity index (χ0n) is 14.1. The lowest BCUT2D eigenvalue weighted by Crippen LogP contribution is -2.19.